The van der Waals surface area contributed by atoms with E-state index in [9.17, 15) is 4.79 Å². The summed E-state index contributed by atoms with van der Waals surface area (Å²) in [7, 11) is 0. The first-order valence-electron chi connectivity index (χ1n) is 4.28. The largest absolute Gasteiger partial charge is 0.465 e. The molecular formula is C9H18NO2. The van der Waals surface area contributed by atoms with E-state index in [-0.39, 0.29) is 5.54 Å². The average molecular weight is 172 g/mol. The lowest BCUT2D eigenvalue weighted by atomic mass is 9.97. The van der Waals surface area contributed by atoms with Crippen molar-refractivity contribution in [2.45, 2.75) is 45.1 Å². The number of amides is 1. The molecule has 0 aromatic heterocycles. The molecule has 0 atom stereocenters. The van der Waals surface area contributed by atoms with Gasteiger partial charge in [0, 0.05) is 5.54 Å². The Balaban J connectivity index is 3.63. The predicted octanol–water partition coefficient (Wildman–Crippen LogP) is 2.43. The van der Waals surface area contributed by atoms with Gasteiger partial charge in [0.05, 0.1) is 0 Å². The van der Waals surface area contributed by atoms with E-state index in [4.69, 9.17) is 5.11 Å². The van der Waals surface area contributed by atoms with Crippen LogP contribution in [0.5, 0.6) is 0 Å². The van der Waals surface area contributed by atoms with Crippen molar-refractivity contribution >= 4 is 6.09 Å². The van der Waals surface area contributed by atoms with Gasteiger partial charge < -0.3 is 10.4 Å². The van der Waals surface area contributed by atoms with Crippen molar-refractivity contribution < 1.29 is 9.90 Å². The molecule has 0 bridgehead atoms. The summed E-state index contributed by atoms with van der Waals surface area (Å²) in [6.07, 6.45) is 2.93. The third-order valence-electron chi connectivity index (χ3n) is 1.75. The Kier molecular flexibility index (Phi) is 4.71. The zero-order chi connectivity index (χ0) is 9.61. The summed E-state index contributed by atoms with van der Waals surface area (Å²) in [5.41, 5.74) is -0.305. The fraction of sp³-hybridized carbons (Fsp3) is 0.778. The van der Waals surface area contributed by atoms with Crippen LogP contribution < -0.4 is 5.32 Å². The molecule has 0 saturated heterocycles. The molecule has 0 saturated carbocycles. The maximum absolute atomic E-state index is 10.3. The van der Waals surface area contributed by atoms with Gasteiger partial charge in [0.15, 0.2) is 0 Å². The Hall–Kier alpha value is -0.730. The van der Waals surface area contributed by atoms with Crippen LogP contribution in [0.4, 0.5) is 4.79 Å². The number of carbonyl (C=O) groups is 1. The van der Waals surface area contributed by atoms with Crippen molar-refractivity contribution in [3.05, 3.63) is 6.92 Å². The van der Waals surface area contributed by atoms with Gasteiger partial charge in [0.2, 0.25) is 0 Å². The quantitative estimate of drug-likeness (QED) is 0.626. The van der Waals surface area contributed by atoms with Crippen LogP contribution in [0.15, 0.2) is 0 Å². The summed E-state index contributed by atoms with van der Waals surface area (Å²) >= 11 is 0. The summed E-state index contributed by atoms with van der Waals surface area (Å²) in [4.78, 5) is 10.3. The molecule has 12 heavy (non-hydrogen) atoms. The molecule has 71 valence electrons. The molecular weight excluding hydrogens is 154 g/mol. The summed E-state index contributed by atoms with van der Waals surface area (Å²) in [6, 6.07) is 0. The van der Waals surface area contributed by atoms with Gasteiger partial charge in [0.25, 0.3) is 0 Å². The monoisotopic (exact) mass is 172 g/mol. The molecule has 1 radical (unpaired) electrons. The smallest absolute Gasteiger partial charge is 0.405 e. The zero-order valence-electron chi connectivity index (χ0n) is 7.89. The van der Waals surface area contributed by atoms with E-state index in [1.54, 1.807) is 0 Å². The van der Waals surface area contributed by atoms with Crippen molar-refractivity contribution in [2.75, 3.05) is 0 Å². The zero-order valence-corrected chi connectivity index (χ0v) is 7.89. The van der Waals surface area contributed by atoms with Crippen LogP contribution in [-0.4, -0.2) is 16.7 Å². The van der Waals surface area contributed by atoms with Gasteiger partial charge in [-0.15, -0.1) is 0 Å². The van der Waals surface area contributed by atoms with Crippen molar-refractivity contribution in [1.29, 1.82) is 0 Å². The highest BCUT2D eigenvalue weighted by atomic mass is 16.4. The van der Waals surface area contributed by atoms with Gasteiger partial charge in [-0.1, -0.05) is 26.2 Å². The Labute approximate surface area is 74.2 Å². The number of nitrogens with one attached hydrogen (secondary N) is 1. The predicted molar refractivity (Wildman–Crippen MR) is 49.1 cm³/mol. The van der Waals surface area contributed by atoms with Crippen LogP contribution in [0, 0.1) is 6.92 Å². The minimum absolute atomic E-state index is 0.305. The van der Waals surface area contributed by atoms with Crippen LogP contribution in [-0.2, 0) is 0 Å². The second-order valence-electron chi connectivity index (χ2n) is 3.62. The van der Waals surface area contributed by atoms with E-state index in [2.05, 4.69) is 12.2 Å². The third kappa shape index (κ3) is 6.01. The first kappa shape index (κ1) is 11.3. The molecule has 0 aliphatic carbocycles. The maximum Gasteiger partial charge on any atom is 0.405 e. The first-order valence-corrected chi connectivity index (χ1v) is 4.28. The number of hydrogen-bond acceptors (Lipinski definition) is 1. The molecule has 0 aromatic carbocycles. The molecule has 0 heterocycles. The van der Waals surface area contributed by atoms with E-state index < -0.39 is 6.09 Å². The van der Waals surface area contributed by atoms with Crippen LogP contribution >= 0.6 is 0 Å². The van der Waals surface area contributed by atoms with E-state index in [1.807, 2.05) is 13.8 Å². The molecule has 3 nitrogen and oxygen atoms in total. The fourth-order valence-electron chi connectivity index (χ4n) is 1.10. The highest BCUT2D eigenvalue weighted by molar-refractivity contribution is 5.65. The van der Waals surface area contributed by atoms with Crippen molar-refractivity contribution in [3.8, 4) is 0 Å². The lowest BCUT2D eigenvalue weighted by molar-refractivity contribution is 0.180. The Morgan fingerprint density at radius 2 is 2.08 bits per heavy atom. The van der Waals surface area contributed by atoms with E-state index >= 15 is 0 Å². The standard InChI is InChI=1S/C9H18NO2/c1-4-5-6-7-9(2,3)10-8(11)12/h10H,1,4-7H2,2-3H3,(H,11,12). The Morgan fingerprint density at radius 3 is 2.50 bits per heavy atom. The van der Waals surface area contributed by atoms with Gasteiger partial charge in [-0.25, -0.2) is 4.79 Å². The molecule has 3 heteroatoms. The minimum Gasteiger partial charge on any atom is -0.465 e. The lowest BCUT2D eigenvalue weighted by Crippen LogP contribution is -2.42. The fourth-order valence-corrected chi connectivity index (χ4v) is 1.10. The Bertz CT molecular complexity index is 143. The molecule has 0 aromatic rings. The third-order valence-corrected chi connectivity index (χ3v) is 1.75. The molecule has 0 unspecified atom stereocenters. The molecule has 2 N–H and O–H groups in total. The molecule has 0 rings (SSSR count). The van der Waals surface area contributed by atoms with Gasteiger partial charge in [-0.05, 0) is 20.3 Å². The highest BCUT2D eigenvalue weighted by Crippen LogP contribution is 2.13. The van der Waals surface area contributed by atoms with Crippen molar-refractivity contribution in [3.63, 3.8) is 0 Å². The Morgan fingerprint density at radius 1 is 1.50 bits per heavy atom. The summed E-state index contributed by atoms with van der Waals surface area (Å²) in [5, 5.41) is 11.0. The topological polar surface area (TPSA) is 49.3 Å². The second-order valence-corrected chi connectivity index (χ2v) is 3.62. The summed E-state index contributed by atoms with van der Waals surface area (Å²) < 4.78 is 0. The lowest BCUT2D eigenvalue weighted by Gasteiger charge is -2.24. The second kappa shape index (κ2) is 5.01. The minimum atomic E-state index is -0.949. The molecule has 0 fully saturated rings. The molecule has 1 amide bonds. The van der Waals surface area contributed by atoms with Gasteiger partial charge in [-0.3, -0.25) is 0 Å². The van der Waals surface area contributed by atoms with E-state index in [1.165, 1.54) is 0 Å². The molecule has 0 spiro atoms. The maximum atomic E-state index is 10.3. The number of rotatable bonds is 5. The summed E-state index contributed by atoms with van der Waals surface area (Å²) in [5.74, 6) is 0. The molecule has 0 aliphatic heterocycles. The van der Waals surface area contributed by atoms with Gasteiger partial charge in [0.1, 0.15) is 0 Å². The van der Waals surface area contributed by atoms with E-state index in [0.717, 1.165) is 25.7 Å². The van der Waals surface area contributed by atoms with Crippen molar-refractivity contribution in [1.82, 2.24) is 5.32 Å². The SMILES string of the molecule is [CH2]CCCCC(C)(C)NC(=O)O. The number of hydrogen-bond donors (Lipinski definition) is 2. The first-order chi connectivity index (χ1) is 5.48. The van der Waals surface area contributed by atoms with Crippen LogP contribution in [0.2, 0.25) is 0 Å². The van der Waals surface area contributed by atoms with Crippen LogP contribution in [0.1, 0.15) is 39.5 Å². The normalized spacial score (nSPS) is 11.2. The number of carboxylic acid groups (broad SMARTS) is 1. The summed E-state index contributed by atoms with van der Waals surface area (Å²) in [6.45, 7) is 7.52. The van der Waals surface area contributed by atoms with Gasteiger partial charge >= 0.3 is 6.09 Å². The number of unbranched alkanes of at least 4 members (excludes halogenated alkanes) is 2. The van der Waals surface area contributed by atoms with Crippen LogP contribution in [0.25, 0.3) is 0 Å². The average Bonchev–Trinajstić information content (AvgIpc) is 1.84. The van der Waals surface area contributed by atoms with Gasteiger partial charge in [-0.2, -0.15) is 0 Å². The molecule has 0 aliphatic rings. The highest BCUT2D eigenvalue weighted by Gasteiger charge is 2.18. The van der Waals surface area contributed by atoms with E-state index in [0.29, 0.717) is 0 Å². The van der Waals surface area contributed by atoms with Crippen molar-refractivity contribution in [2.24, 2.45) is 0 Å². The van der Waals surface area contributed by atoms with Crippen LogP contribution in [0.3, 0.4) is 0 Å².